The Hall–Kier alpha value is -2.63. The topological polar surface area (TPSA) is 67.4 Å². The Morgan fingerprint density at radius 3 is 2.37 bits per heavy atom. The summed E-state index contributed by atoms with van der Waals surface area (Å²) in [5.41, 5.74) is 2.48. The standard InChI is InChI=1S/C21H28N4O2/c1-13(2)16-6-8-17(9-7-16)15(5)23-20-22-11-10-19(24-20)25-18(14(3)4)12-27-21(25)26/h6-11,13-15,18H,12H2,1-5H3,(H,22,23,24)/t15-,18+/m0/s1. The van der Waals surface area contributed by atoms with Crippen molar-refractivity contribution in [3.63, 3.8) is 0 Å². The Kier molecular flexibility index (Phi) is 5.63. The summed E-state index contributed by atoms with van der Waals surface area (Å²) in [6.07, 6.45) is 1.32. The van der Waals surface area contributed by atoms with E-state index in [1.165, 1.54) is 5.56 Å². The van der Waals surface area contributed by atoms with Crippen LogP contribution in [0.25, 0.3) is 0 Å². The molecule has 27 heavy (non-hydrogen) atoms. The van der Waals surface area contributed by atoms with Crippen molar-refractivity contribution >= 4 is 17.9 Å². The van der Waals surface area contributed by atoms with Crippen molar-refractivity contribution in [1.82, 2.24) is 9.97 Å². The van der Waals surface area contributed by atoms with Gasteiger partial charge < -0.3 is 10.1 Å². The Balaban J connectivity index is 1.76. The smallest absolute Gasteiger partial charge is 0.415 e. The van der Waals surface area contributed by atoms with Crippen molar-refractivity contribution in [2.45, 2.75) is 52.6 Å². The summed E-state index contributed by atoms with van der Waals surface area (Å²) in [6.45, 7) is 11.0. The third kappa shape index (κ3) is 4.21. The first-order valence-corrected chi connectivity index (χ1v) is 9.52. The maximum atomic E-state index is 12.2. The van der Waals surface area contributed by atoms with Crippen LogP contribution in [-0.2, 0) is 4.74 Å². The summed E-state index contributed by atoms with van der Waals surface area (Å²) in [5.74, 6) is 1.85. The number of nitrogens with zero attached hydrogens (tertiary/aromatic N) is 3. The lowest BCUT2D eigenvalue weighted by Gasteiger charge is -2.23. The van der Waals surface area contributed by atoms with Crippen LogP contribution in [0.15, 0.2) is 36.5 Å². The third-order valence-electron chi connectivity index (χ3n) is 5.01. The Bertz CT molecular complexity index is 789. The van der Waals surface area contributed by atoms with Crippen LogP contribution in [0.1, 0.15) is 57.7 Å². The maximum absolute atomic E-state index is 12.2. The van der Waals surface area contributed by atoms with Gasteiger partial charge in [-0.3, -0.25) is 4.90 Å². The number of hydrogen-bond acceptors (Lipinski definition) is 5. The zero-order valence-corrected chi connectivity index (χ0v) is 16.6. The van der Waals surface area contributed by atoms with Gasteiger partial charge in [-0.2, -0.15) is 4.98 Å². The fourth-order valence-corrected chi connectivity index (χ4v) is 3.19. The van der Waals surface area contributed by atoms with Crippen molar-refractivity contribution in [3.8, 4) is 0 Å². The van der Waals surface area contributed by atoms with Crippen molar-refractivity contribution in [2.24, 2.45) is 5.92 Å². The molecule has 1 fully saturated rings. The molecule has 1 aromatic carbocycles. The molecule has 1 aromatic heterocycles. The molecular weight excluding hydrogens is 340 g/mol. The molecule has 1 N–H and O–H groups in total. The van der Waals surface area contributed by atoms with Gasteiger partial charge in [0.1, 0.15) is 12.4 Å². The molecule has 6 nitrogen and oxygen atoms in total. The van der Waals surface area contributed by atoms with Gasteiger partial charge in [0.2, 0.25) is 5.95 Å². The molecule has 1 saturated heterocycles. The minimum absolute atomic E-state index is 0.0127. The minimum atomic E-state index is -0.351. The molecule has 6 heteroatoms. The summed E-state index contributed by atoms with van der Waals surface area (Å²) in [6, 6.07) is 10.3. The quantitative estimate of drug-likeness (QED) is 0.796. The van der Waals surface area contributed by atoms with E-state index < -0.39 is 0 Å². The Morgan fingerprint density at radius 1 is 1.07 bits per heavy atom. The monoisotopic (exact) mass is 368 g/mol. The summed E-state index contributed by atoms with van der Waals surface area (Å²) in [4.78, 5) is 22.6. The lowest BCUT2D eigenvalue weighted by Crippen LogP contribution is -2.37. The molecule has 1 amide bonds. The first-order chi connectivity index (χ1) is 12.9. The maximum Gasteiger partial charge on any atom is 0.415 e. The zero-order valence-electron chi connectivity index (χ0n) is 16.6. The van der Waals surface area contributed by atoms with E-state index in [1.54, 1.807) is 17.2 Å². The second kappa shape index (κ2) is 7.94. The number of cyclic esters (lactones) is 1. The number of amides is 1. The first kappa shape index (κ1) is 19.1. The molecule has 1 aliphatic heterocycles. The van der Waals surface area contributed by atoms with Crippen LogP contribution >= 0.6 is 0 Å². The fraction of sp³-hybridized carbons (Fsp3) is 0.476. The SMILES string of the molecule is CC(C)c1ccc([C@H](C)Nc2nccc(N3C(=O)OC[C@@H]3C(C)C)n2)cc1. The predicted octanol–water partition coefficient (Wildman–Crippen LogP) is 4.75. The van der Waals surface area contributed by atoms with Gasteiger partial charge >= 0.3 is 6.09 Å². The van der Waals surface area contributed by atoms with Crippen LogP contribution < -0.4 is 10.2 Å². The van der Waals surface area contributed by atoms with Crippen LogP contribution in [-0.4, -0.2) is 28.7 Å². The van der Waals surface area contributed by atoms with Crippen molar-refractivity contribution in [2.75, 3.05) is 16.8 Å². The molecule has 0 unspecified atom stereocenters. The Morgan fingerprint density at radius 2 is 1.74 bits per heavy atom. The van der Waals surface area contributed by atoms with Crippen molar-refractivity contribution < 1.29 is 9.53 Å². The highest BCUT2D eigenvalue weighted by Crippen LogP contribution is 2.27. The predicted molar refractivity (Wildman–Crippen MR) is 107 cm³/mol. The Labute approximate surface area is 161 Å². The highest BCUT2D eigenvalue weighted by Gasteiger charge is 2.37. The van der Waals surface area contributed by atoms with E-state index in [1.807, 2.05) is 0 Å². The van der Waals surface area contributed by atoms with Gasteiger partial charge in [0, 0.05) is 6.20 Å². The molecule has 0 spiro atoms. The minimum Gasteiger partial charge on any atom is -0.447 e. The second-order valence-corrected chi connectivity index (χ2v) is 7.68. The normalized spacial score (nSPS) is 18.1. The molecule has 144 valence electrons. The molecule has 0 bridgehead atoms. The van der Waals surface area contributed by atoms with Gasteiger partial charge in [-0.25, -0.2) is 9.78 Å². The summed E-state index contributed by atoms with van der Waals surface area (Å²) >= 11 is 0. The number of ether oxygens (including phenoxy) is 1. The lowest BCUT2D eigenvalue weighted by molar-refractivity contribution is 0.177. The van der Waals surface area contributed by atoms with Gasteiger partial charge in [-0.15, -0.1) is 0 Å². The number of carbonyl (C=O) groups is 1. The fourth-order valence-electron chi connectivity index (χ4n) is 3.19. The van der Waals surface area contributed by atoms with Gasteiger partial charge in [0.05, 0.1) is 12.1 Å². The highest BCUT2D eigenvalue weighted by molar-refractivity contribution is 5.89. The van der Waals surface area contributed by atoms with Crippen LogP contribution in [0.2, 0.25) is 0 Å². The largest absolute Gasteiger partial charge is 0.447 e. The molecule has 2 atom stereocenters. The average Bonchev–Trinajstić information content (AvgIpc) is 3.04. The van der Waals surface area contributed by atoms with Crippen molar-refractivity contribution in [1.29, 1.82) is 0 Å². The van der Waals surface area contributed by atoms with Crippen LogP contribution in [0, 0.1) is 5.92 Å². The van der Waals surface area contributed by atoms with Crippen molar-refractivity contribution in [3.05, 3.63) is 47.7 Å². The number of hydrogen-bond donors (Lipinski definition) is 1. The number of nitrogens with one attached hydrogen (secondary N) is 1. The first-order valence-electron chi connectivity index (χ1n) is 9.52. The summed E-state index contributed by atoms with van der Waals surface area (Å²) < 4.78 is 5.22. The van der Waals surface area contributed by atoms with E-state index >= 15 is 0 Å². The van der Waals surface area contributed by atoms with Crippen LogP contribution in [0.3, 0.4) is 0 Å². The highest BCUT2D eigenvalue weighted by atomic mass is 16.6. The number of anilines is 2. The number of aromatic nitrogens is 2. The molecule has 3 rings (SSSR count). The molecule has 0 saturated carbocycles. The second-order valence-electron chi connectivity index (χ2n) is 7.68. The molecule has 0 radical (unpaired) electrons. The van der Waals surface area contributed by atoms with Gasteiger partial charge in [0.15, 0.2) is 0 Å². The van der Waals surface area contributed by atoms with E-state index in [4.69, 9.17) is 4.74 Å². The number of benzene rings is 1. The van der Waals surface area contributed by atoms with E-state index in [2.05, 4.69) is 74.2 Å². The number of rotatable bonds is 6. The van der Waals surface area contributed by atoms with Gasteiger partial charge in [-0.05, 0) is 36.0 Å². The molecule has 0 aliphatic carbocycles. The average molecular weight is 368 g/mol. The van der Waals surface area contributed by atoms with E-state index in [9.17, 15) is 4.79 Å². The molecule has 1 aliphatic rings. The number of carbonyl (C=O) groups excluding carboxylic acids is 1. The third-order valence-corrected chi connectivity index (χ3v) is 5.01. The molecule has 2 aromatic rings. The molecule has 2 heterocycles. The van der Waals surface area contributed by atoms with Gasteiger partial charge in [0.25, 0.3) is 0 Å². The summed E-state index contributed by atoms with van der Waals surface area (Å²) in [5, 5.41) is 3.33. The molecular formula is C21H28N4O2. The van der Waals surface area contributed by atoms with E-state index in [0.717, 1.165) is 5.56 Å². The summed E-state index contributed by atoms with van der Waals surface area (Å²) in [7, 11) is 0. The lowest BCUT2D eigenvalue weighted by atomic mass is 10.00. The van der Waals surface area contributed by atoms with E-state index in [0.29, 0.717) is 24.3 Å². The van der Waals surface area contributed by atoms with E-state index in [-0.39, 0.29) is 24.1 Å². The zero-order chi connectivity index (χ0) is 19.6. The van der Waals surface area contributed by atoms with Gasteiger partial charge in [-0.1, -0.05) is 52.0 Å². The van der Waals surface area contributed by atoms with Crippen LogP contribution in [0.5, 0.6) is 0 Å². The van der Waals surface area contributed by atoms with Crippen LogP contribution in [0.4, 0.5) is 16.6 Å².